The molecule has 1 heterocycles. The van der Waals surface area contributed by atoms with Gasteiger partial charge in [-0.3, -0.25) is 0 Å². The van der Waals surface area contributed by atoms with Gasteiger partial charge in [-0.25, -0.2) is 0 Å². The van der Waals surface area contributed by atoms with E-state index in [-0.39, 0.29) is 5.41 Å². The normalized spacial score (nSPS) is 18.7. The highest BCUT2D eigenvalue weighted by Gasteiger charge is 2.32. The molecule has 16 heavy (non-hydrogen) atoms. The Kier molecular flexibility index (Phi) is 3.56. The molecule has 1 aliphatic heterocycles. The summed E-state index contributed by atoms with van der Waals surface area (Å²) in [7, 11) is 0. The molecule has 1 fully saturated rings. The van der Waals surface area contributed by atoms with Gasteiger partial charge in [0.1, 0.15) is 0 Å². The van der Waals surface area contributed by atoms with E-state index in [0.29, 0.717) is 0 Å². The number of rotatable bonds is 2. The highest BCUT2D eigenvalue weighted by molar-refractivity contribution is 6.30. The van der Waals surface area contributed by atoms with Gasteiger partial charge in [0.05, 0.1) is 0 Å². The van der Waals surface area contributed by atoms with Crippen LogP contribution in [0.5, 0.6) is 0 Å². The first-order valence-electron chi connectivity index (χ1n) is 6.07. The van der Waals surface area contributed by atoms with E-state index in [4.69, 9.17) is 11.6 Å². The topological polar surface area (TPSA) is 12.0 Å². The average Bonchev–Trinajstić information content (AvgIpc) is 2.30. The minimum Gasteiger partial charge on any atom is -0.317 e. The van der Waals surface area contributed by atoms with Gasteiger partial charge in [-0.05, 0) is 55.0 Å². The minimum absolute atomic E-state index is 0.229. The van der Waals surface area contributed by atoms with Gasteiger partial charge in [-0.2, -0.15) is 0 Å². The predicted octanol–water partition coefficient (Wildman–Crippen LogP) is 3.62. The van der Waals surface area contributed by atoms with Crippen molar-refractivity contribution in [1.29, 1.82) is 0 Å². The summed E-state index contributed by atoms with van der Waals surface area (Å²) in [6, 6.07) is 8.32. The molecule has 1 aliphatic rings. The molecule has 2 heteroatoms. The lowest BCUT2D eigenvalue weighted by Gasteiger charge is -2.38. The maximum absolute atomic E-state index is 6.08. The molecule has 88 valence electrons. The molecule has 0 aliphatic carbocycles. The fourth-order valence-corrected chi connectivity index (χ4v) is 2.86. The van der Waals surface area contributed by atoms with Gasteiger partial charge < -0.3 is 5.32 Å². The second-order valence-electron chi connectivity index (χ2n) is 5.26. The molecule has 0 saturated carbocycles. The quantitative estimate of drug-likeness (QED) is 0.829. The van der Waals surface area contributed by atoms with Crippen LogP contribution in [0.1, 0.15) is 32.3 Å². The molecule has 1 aromatic carbocycles. The lowest BCUT2D eigenvalue weighted by Crippen LogP contribution is -2.38. The predicted molar refractivity (Wildman–Crippen MR) is 70.1 cm³/mol. The Balaban J connectivity index is 2.22. The molecule has 1 N–H and O–H groups in total. The van der Waals surface area contributed by atoms with Crippen LogP contribution in [0.3, 0.4) is 0 Å². The van der Waals surface area contributed by atoms with Crippen LogP contribution < -0.4 is 5.32 Å². The summed E-state index contributed by atoms with van der Waals surface area (Å²) in [4.78, 5) is 0. The van der Waals surface area contributed by atoms with Crippen LogP contribution in [0.15, 0.2) is 24.3 Å². The highest BCUT2D eigenvalue weighted by atomic mass is 35.5. The molecule has 0 radical (unpaired) electrons. The van der Waals surface area contributed by atoms with Crippen LogP contribution >= 0.6 is 11.6 Å². The van der Waals surface area contributed by atoms with Crippen molar-refractivity contribution < 1.29 is 0 Å². The number of hydrogen-bond acceptors (Lipinski definition) is 1. The summed E-state index contributed by atoms with van der Waals surface area (Å²) in [5.41, 5.74) is 1.60. The lowest BCUT2D eigenvalue weighted by atomic mass is 9.70. The Morgan fingerprint density at radius 1 is 1.25 bits per heavy atom. The Labute approximate surface area is 103 Å². The van der Waals surface area contributed by atoms with Crippen molar-refractivity contribution in [3.63, 3.8) is 0 Å². The monoisotopic (exact) mass is 237 g/mol. The van der Waals surface area contributed by atoms with Gasteiger partial charge in [0.25, 0.3) is 0 Å². The molecule has 0 atom stereocenters. The maximum Gasteiger partial charge on any atom is 0.0408 e. The van der Waals surface area contributed by atoms with Crippen molar-refractivity contribution >= 4 is 11.6 Å². The summed E-state index contributed by atoms with van der Waals surface area (Å²) in [5, 5.41) is 4.27. The van der Waals surface area contributed by atoms with E-state index >= 15 is 0 Å². The first-order valence-corrected chi connectivity index (χ1v) is 6.45. The molecule has 1 saturated heterocycles. The number of benzene rings is 1. The first-order chi connectivity index (χ1) is 7.60. The zero-order valence-electron chi connectivity index (χ0n) is 10.1. The second kappa shape index (κ2) is 4.77. The lowest BCUT2D eigenvalue weighted by molar-refractivity contribution is 0.247. The highest BCUT2D eigenvalue weighted by Crippen LogP contribution is 2.37. The first kappa shape index (κ1) is 11.9. The van der Waals surface area contributed by atoms with Crippen molar-refractivity contribution in [2.45, 2.75) is 32.1 Å². The van der Waals surface area contributed by atoms with Gasteiger partial charge in [0.2, 0.25) is 0 Å². The third kappa shape index (κ3) is 2.41. The largest absolute Gasteiger partial charge is 0.317 e. The molecule has 1 aromatic rings. The maximum atomic E-state index is 6.08. The molecule has 0 aromatic heterocycles. The fraction of sp³-hybridized carbons (Fsp3) is 0.571. The molecule has 2 rings (SSSR count). The molecular weight excluding hydrogens is 218 g/mol. The van der Waals surface area contributed by atoms with Gasteiger partial charge in [-0.15, -0.1) is 0 Å². The SMILES string of the molecule is CC(C)(c1cccc(Cl)c1)C1CCNCC1. The zero-order chi connectivity index (χ0) is 11.6. The number of hydrogen-bond donors (Lipinski definition) is 1. The summed E-state index contributed by atoms with van der Waals surface area (Å²) in [6.07, 6.45) is 2.53. The van der Waals surface area contributed by atoms with E-state index in [1.807, 2.05) is 6.07 Å². The van der Waals surface area contributed by atoms with Gasteiger partial charge in [0, 0.05) is 5.02 Å². The van der Waals surface area contributed by atoms with Crippen LogP contribution in [0.4, 0.5) is 0 Å². The molecule has 0 amide bonds. The van der Waals surface area contributed by atoms with Crippen molar-refractivity contribution in [1.82, 2.24) is 5.32 Å². The Morgan fingerprint density at radius 3 is 2.56 bits per heavy atom. The van der Waals surface area contributed by atoms with Crippen molar-refractivity contribution in [3.8, 4) is 0 Å². The van der Waals surface area contributed by atoms with Gasteiger partial charge in [-0.1, -0.05) is 37.6 Å². The summed E-state index contributed by atoms with van der Waals surface area (Å²) in [5.74, 6) is 0.757. The fourth-order valence-electron chi connectivity index (χ4n) is 2.67. The summed E-state index contributed by atoms with van der Waals surface area (Å²) in [6.45, 7) is 6.98. The van der Waals surface area contributed by atoms with Gasteiger partial charge in [0.15, 0.2) is 0 Å². The minimum atomic E-state index is 0.229. The van der Waals surface area contributed by atoms with Crippen LogP contribution in [0.25, 0.3) is 0 Å². The molecule has 1 nitrogen and oxygen atoms in total. The van der Waals surface area contributed by atoms with E-state index < -0.39 is 0 Å². The average molecular weight is 238 g/mol. The van der Waals surface area contributed by atoms with Crippen LogP contribution in [-0.4, -0.2) is 13.1 Å². The van der Waals surface area contributed by atoms with E-state index in [0.717, 1.165) is 24.0 Å². The number of halogens is 1. The van der Waals surface area contributed by atoms with E-state index in [1.54, 1.807) is 0 Å². The summed E-state index contributed by atoms with van der Waals surface area (Å²) < 4.78 is 0. The number of nitrogens with one attached hydrogen (secondary N) is 1. The Bertz CT molecular complexity index is 354. The smallest absolute Gasteiger partial charge is 0.0408 e. The molecule has 0 bridgehead atoms. The van der Waals surface area contributed by atoms with Crippen molar-refractivity contribution in [3.05, 3.63) is 34.9 Å². The zero-order valence-corrected chi connectivity index (χ0v) is 10.8. The van der Waals surface area contributed by atoms with Gasteiger partial charge >= 0.3 is 0 Å². The Hall–Kier alpha value is -0.530. The van der Waals surface area contributed by atoms with E-state index in [2.05, 4.69) is 37.4 Å². The Morgan fingerprint density at radius 2 is 1.94 bits per heavy atom. The van der Waals surface area contributed by atoms with Crippen molar-refractivity contribution in [2.24, 2.45) is 5.92 Å². The van der Waals surface area contributed by atoms with E-state index in [1.165, 1.54) is 18.4 Å². The van der Waals surface area contributed by atoms with Crippen LogP contribution in [-0.2, 0) is 5.41 Å². The van der Waals surface area contributed by atoms with Crippen molar-refractivity contribution in [2.75, 3.05) is 13.1 Å². The summed E-state index contributed by atoms with van der Waals surface area (Å²) >= 11 is 6.08. The standard InChI is InChI=1S/C14H20ClN/c1-14(2,11-6-8-16-9-7-11)12-4-3-5-13(15)10-12/h3-5,10-11,16H,6-9H2,1-2H3. The third-order valence-electron chi connectivity index (χ3n) is 3.93. The second-order valence-corrected chi connectivity index (χ2v) is 5.69. The van der Waals surface area contributed by atoms with Crippen LogP contribution in [0, 0.1) is 5.92 Å². The molecule has 0 unspecified atom stereocenters. The van der Waals surface area contributed by atoms with E-state index in [9.17, 15) is 0 Å². The molecular formula is C14H20ClN. The molecule has 0 spiro atoms. The number of piperidine rings is 1. The third-order valence-corrected chi connectivity index (χ3v) is 4.16. The van der Waals surface area contributed by atoms with Crippen LogP contribution in [0.2, 0.25) is 5.02 Å².